The third kappa shape index (κ3) is 8.15. The Hall–Kier alpha value is -3.27. The summed E-state index contributed by atoms with van der Waals surface area (Å²) in [6.07, 6.45) is 0.305. The zero-order valence-electron chi connectivity index (χ0n) is 23.5. The van der Waals surface area contributed by atoms with Crippen LogP contribution in [-0.4, -0.2) is 51.4 Å². The van der Waals surface area contributed by atoms with Gasteiger partial charge < -0.3 is 15.0 Å². The number of hydrogen-bond donors (Lipinski definition) is 1. The van der Waals surface area contributed by atoms with Crippen molar-refractivity contribution in [3.05, 3.63) is 88.4 Å². The Morgan fingerprint density at radius 2 is 1.61 bits per heavy atom. The lowest BCUT2D eigenvalue weighted by atomic mass is 10.1. The SMILES string of the molecule is CC[C@H](C(=O)NCC(C)C)N(Cc1ccccc1Cl)C(=O)CN(c1ccc(OC)c(Cl)c1)S(=O)(=O)c1ccccc1. The Balaban J connectivity index is 2.08. The Labute approximate surface area is 252 Å². The summed E-state index contributed by atoms with van der Waals surface area (Å²) in [5.74, 6) is -0.350. The molecule has 41 heavy (non-hydrogen) atoms. The molecule has 1 atom stereocenters. The van der Waals surface area contributed by atoms with Gasteiger partial charge in [-0.05, 0) is 54.3 Å². The predicted molar refractivity (Wildman–Crippen MR) is 163 cm³/mol. The van der Waals surface area contributed by atoms with Crippen molar-refractivity contribution < 1.29 is 22.7 Å². The quantitative estimate of drug-likeness (QED) is 0.262. The third-order valence-electron chi connectivity index (χ3n) is 6.40. The summed E-state index contributed by atoms with van der Waals surface area (Å²) in [7, 11) is -2.77. The highest BCUT2D eigenvalue weighted by atomic mass is 35.5. The Bertz CT molecular complexity index is 1450. The fourth-order valence-corrected chi connectivity index (χ4v) is 6.09. The minimum Gasteiger partial charge on any atom is -0.495 e. The second-order valence-corrected chi connectivity index (χ2v) is 12.5. The van der Waals surface area contributed by atoms with Crippen molar-refractivity contribution >= 4 is 50.7 Å². The van der Waals surface area contributed by atoms with E-state index in [1.165, 1.54) is 42.3 Å². The van der Waals surface area contributed by atoms with Crippen LogP contribution < -0.4 is 14.4 Å². The summed E-state index contributed by atoms with van der Waals surface area (Å²) in [5.41, 5.74) is 0.797. The van der Waals surface area contributed by atoms with Crippen molar-refractivity contribution in [3.8, 4) is 5.75 Å². The van der Waals surface area contributed by atoms with E-state index in [0.717, 1.165) is 4.31 Å². The van der Waals surface area contributed by atoms with Gasteiger partial charge in [0.1, 0.15) is 18.3 Å². The molecule has 0 fully saturated rings. The lowest BCUT2D eigenvalue weighted by molar-refractivity contribution is -0.140. The molecular formula is C30H35Cl2N3O5S. The van der Waals surface area contributed by atoms with Gasteiger partial charge in [0, 0.05) is 18.1 Å². The van der Waals surface area contributed by atoms with E-state index in [2.05, 4.69) is 5.32 Å². The van der Waals surface area contributed by atoms with Crippen LogP contribution in [0.25, 0.3) is 0 Å². The lowest BCUT2D eigenvalue weighted by Crippen LogP contribution is -2.52. The number of anilines is 1. The maximum atomic E-state index is 14.1. The molecule has 0 heterocycles. The maximum Gasteiger partial charge on any atom is 0.264 e. The molecule has 0 aliphatic heterocycles. The van der Waals surface area contributed by atoms with Gasteiger partial charge in [0.05, 0.1) is 22.7 Å². The van der Waals surface area contributed by atoms with Crippen LogP contribution in [0.2, 0.25) is 10.0 Å². The van der Waals surface area contributed by atoms with Crippen LogP contribution >= 0.6 is 23.2 Å². The summed E-state index contributed by atoms with van der Waals surface area (Å²) in [4.78, 5) is 28.8. The predicted octanol–water partition coefficient (Wildman–Crippen LogP) is 5.78. The molecule has 0 spiro atoms. The number of rotatable bonds is 13. The first-order chi connectivity index (χ1) is 19.5. The first-order valence-electron chi connectivity index (χ1n) is 13.2. The second kappa shape index (κ2) is 14.6. The van der Waals surface area contributed by atoms with Crippen LogP contribution in [0, 0.1) is 5.92 Å². The van der Waals surface area contributed by atoms with E-state index in [1.807, 2.05) is 13.8 Å². The first kappa shape index (κ1) is 32.2. The molecule has 3 rings (SSSR count). The van der Waals surface area contributed by atoms with E-state index in [9.17, 15) is 18.0 Å². The normalized spacial score (nSPS) is 12.1. The van der Waals surface area contributed by atoms with E-state index in [-0.39, 0.29) is 34.0 Å². The van der Waals surface area contributed by atoms with Gasteiger partial charge in [-0.15, -0.1) is 0 Å². The highest BCUT2D eigenvalue weighted by molar-refractivity contribution is 7.92. The lowest BCUT2D eigenvalue weighted by Gasteiger charge is -2.33. The fourth-order valence-electron chi connectivity index (χ4n) is 4.21. The molecular weight excluding hydrogens is 585 g/mol. The van der Waals surface area contributed by atoms with Gasteiger partial charge in [-0.3, -0.25) is 13.9 Å². The van der Waals surface area contributed by atoms with Crippen molar-refractivity contribution in [2.24, 2.45) is 5.92 Å². The van der Waals surface area contributed by atoms with Crippen LogP contribution in [0.1, 0.15) is 32.8 Å². The molecule has 0 saturated carbocycles. The molecule has 3 aromatic rings. The van der Waals surface area contributed by atoms with Crippen LogP contribution in [-0.2, 0) is 26.2 Å². The average Bonchev–Trinajstić information content (AvgIpc) is 2.95. The van der Waals surface area contributed by atoms with Crippen LogP contribution in [0.4, 0.5) is 5.69 Å². The number of benzene rings is 3. The van der Waals surface area contributed by atoms with Crippen molar-refractivity contribution in [2.75, 3.05) is 24.5 Å². The number of sulfonamides is 1. The van der Waals surface area contributed by atoms with E-state index < -0.39 is 28.5 Å². The van der Waals surface area contributed by atoms with Gasteiger partial charge in [-0.1, -0.05) is 80.4 Å². The number of hydrogen-bond acceptors (Lipinski definition) is 5. The largest absolute Gasteiger partial charge is 0.495 e. The summed E-state index contributed by atoms with van der Waals surface area (Å²) in [6, 6.07) is 18.4. The Kier molecular flexibility index (Phi) is 11.5. The molecule has 11 heteroatoms. The summed E-state index contributed by atoms with van der Waals surface area (Å²) < 4.78 is 34.0. The van der Waals surface area contributed by atoms with E-state index >= 15 is 0 Å². The number of ether oxygens (including phenoxy) is 1. The average molecular weight is 621 g/mol. The standard InChI is InChI=1S/C30H35Cl2N3O5S/c1-5-27(30(37)33-18-21(2)3)34(19-22-11-9-10-14-25(22)31)29(36)20-35(23-15-16-28(40-4)26(32)17-23)41(38,39)24-12-7-6-8-13-24/h6-17,21,27H,5,18-20H2,1-4H3,(H,33,37)/t27-/m1/s1. The number of nitrogens with zero attached hydrogens (tertiary/aromatic N) is 2. The number of nitrogens with one attached hydrogen (secondary N) is 1. The maximum absolute atomic E-state index is 14.1. The van der Waals surface area contributed by atoms with Crippen molar-refractivity contribution in [2.45, 2.75) is 44.7 Å². The molecule has 3 aromatic carbocycles. The molecule has 0 saturated heterocycles. The highest BCUT2D eigenvalue weighted by Crippen LogP contribution is 2.32. The van der Waals surface area contributed by atoms with E-state index in [1.54, 1.807) is 49.4 Å². The molecule has 0 aliphatic rings. The van der Waals surface area contributed by atoms with Crippen molar-refractivity contribution in [3.63, 3.8) is 0 Å². The highest BCUT2D eigenvalue weighted by Gasteiger charge is 2.34. The van der Waals surface area contributed by atoms with Crippen LogP contribution in [0.3, 0.4) is 0 Å². The third-order valence-corrected chi connectivity index (χ3v) is 8.85. The van der Waals surface area contributed by atoms with E-state index in [0.29, 0.717) is 29.3 Å². The monoisotopic (exact) mass is 619 g/mol. The van der Waals surface area contributed by atoms with E-state index in [4.69, 9.17) is 27.9 Å². The van der Waals surface area contributed by atoms with Crippen molar-refractivity contribution in [1.82, 2.24) is 10.2 Å². The number of carbonyl (C=O) groups excluding carboxylic acids is 2. The zero-order chi connectivity index (χ0) is 30.2. The Morgan fingerprint density at radius 1 is 0.951 bits per heavy atom. The Morgan fingerprint density at radius 3 is 2.20 bits per heavy atom. The molecule has 0 bridgehead atoms. The molecule has 0 radical (unpaired) electrons. The minimum absolute atomic E-state index is 0.000822. The first-order valence-corrected chi connectivity index (χ1v) is 15.4. The summed E-state index contributed by atoms with van der Waals surface area (Å²) >= 11 is 12.8. The van der Waals surface area contributed by atoms with Crippen LogP contribution in [0.5, 0.6) is 5.75 Å². The summed E-state index contributed by atoms with van der Waals surface area (Å²) in [5, 5.41) is 3.51. The second-order valence-electron chi connectivity index (χ2n) is 9.82. The molecule has 0 aromatic heterocycles. The van der Waals surface area contributed by atoms with Gasteiger partial charge in [0.2, 0.25) is 11.8 Å². The van der Waals surface area contributed by atoms with Gasteiger partial charge in [-0.25, -0.2) is 8.42 Å². The van der Waals surface area contributed by atoms with Gasteiger partial charge >= 0.3 is 0 Å². The zero-order valence-corrected chi connectivity index (χ0v) is 25.8. The van der Waals surface area contributed by atoms with Crippen molar-refractivity contribution in [1.29, 1.82) is 0 Å². The molecule has 1 N–H and O–H groups in total. The molecule has 2 amide bonds. The smallest absolute Gasteiger partial charge is 0.264 e. The topological polar surface area (TPSA) is 96.0 Å². The molecule has 220 valence electrons. The molecule has 0 aliphatic carbocycles. The fraction of sp³-hybridized carbons (Fsp3) is 0.333. The molecule has 8 nitrogen and oxygen atoms in total. The number of halogens is 2. The minimum atomic E-state index is -4.21. The summed E-state index contributed by atoms with van der Waals surface area (Å²) in [6.45, 7) is 5.60. The van der Waals surface area contributed by atoms with Gasteiger partial charge in [-0.2, -0.15) is 0 Å². The number of carbonyl (C=O) groups is 2. The van der Waals surface area contributed by atoms with Gasteiger partial charge in [0.25, 0.3) is 10.0 Å². The van der Waals surface area contributed by atoms with Gasteiger partial charge in [0.15, 0.2) is 0 Å². The number of methoxy groups -OCH3 is 1. The number of amides is 2. The molecule has 0 unspecified atom stereocenters. The van der Waals surface area contributed by atoms with Crippen LogP contribution in [0.15, 0.2) is 77.7 Å².